The normalized spacial score (nSPS) is 23.4. The van der Waals surface area contributed by atoms with Crippen LogP contribution in [0.25, 0.3) is 0 Å². The molecule has 0 radical (unpaired) electrons. The van der Waals surface area contributed by atoms with Crippen molar-refractivity contribution in [3.05, 3.63) is 0 Å². The number of hydrogen-bond donors (Lipinski definition) is 2. The van der Waals surface area contributed by atoms with Crippen LogP contribution >= 0.6 is 12.6 Å². The SMILES string of the molecule is CC(=O)NC(CS)C(=O)N1CCC2(CCCCC2)CC1. The Hall–Kier alpha value is -0.710. The average molecular weight is 298 g/mol. The van der Waals surface area contributed by atoms with Gasteiger partial charge in [0, 0.05) is 25.8 Å². The number of nitrogens with zero attached hydrogens (tertiary/aromatic N) is 1. The Labute approximate surface area is 127 Å². The summed E-state index contributed by atoms with van der Waals surface area (Å²) in [5.41, 5.74) is 0.499. The molecule has 2 fully saturated rings. The van der Waals surface area contributed by atoms with Gasteiger partial charge in [0.1, 0.15) is 6.04 Å². The highest BCUT2D eigenvalue weighted by molar-refractivity contribution is 7.80. The predicted molar refractivity (Wildman–Crippen MR) is 82.8 cm³/mol. The third-order valence-corrected chi connectivity index (χ3v) is 5.27. The molecule has 2 amide bonds. The maximum absolute atomic E-state index is 12.4. The van der Waals surface area contributed by atoms with Gasteiger partial charge in [0.25, 0.3) is 0 Å². The lowest BCUT2D eigenvalue weighted by molar-refractivity contribution is -0.137. The van der Waals surface area contributed by atoms with Crippen LogP contribution in [0, 0.1) is 5.41 Å². The van der Waals surface area contributed by atoms with Crippen LogP contribution in [0.1, 0.15) is 51.9 Å². The van der Waals surface area contributed by atoms with E-state index in [2.05, 4.69) is 17.9 Å². The monoisotopic (exact) mass is 298 g/mol. The molecule has 0 aromatic heterocycles. The van der Waals surface area contributed by atoms with E-state index < -0.39 is 6.04 Å². The number of carbonyl (C=O) groups is 2. The molecule has 5 heteroatoms. The van der Waals surface area contributed by atoms with Crippen molar-refractivity contribution in [3.8, 4) is 0 Å². The van der Waals surface area contributed by atoms with E-state index in [0.29, 0.717) is 11.2 Å². The molecule has 1 saturated heterocycles. The number of likely N-dealkylation sites (tertiary alicyclic amines) is 1. The van der Waals surface area contributed by atoms with Gasteiger partial charge in [-0.25, -0.2) is 0 Å². The van der Waals surface area contributed by atoms with Gasteiger partial charge in [-0.3, -0.25) is 9.59 Å². The highest BCUT2D eigenvalue weighted by Crippen LogP contribution is 2.44. The molecule has 1 saturated carbocycles. The molecule has 0 aromatic carbocycles. The summed E-state index contributed by atoms with van der Waals surface area (Å²) in [5.74, 6) is 0.221. The zero-order valence-electron chi connectivity index (χ0n) is 12.4. The summed E-state index contributed by atoms with van der Waals surface area (Å²) in [6.07, 6.45) is 8.97. The number of hydrogen-bond acceptors (Lipinski definition) is 3. The zero-order chi connectivity index (χ0) is 14.6. The molecular weight excluding hydrogens is 272 g/mol. The zero-order valence-corrected chi connectivity index (χ0v) is 13.3. The van der Waals surface area contributed by atoms with Crippen LogP contribution in [-0.4, -0.2) is 41.6 Å². The fraction of sp³-hybridized carbons (Fsp3) is 0.867. The third kappa shape index (κ3) is 3.68. The minimum atomic E-state index is -0.476. The third-order valence-electron chi connectivity index (χ3n) is 4.91. The van der Waals surface area contributed by atoms with Crippen LogP contribution in [-0.2, 0) is 9.59 Å². The minimum Gasteiger partial charge on any atom is -0.344 e. The van der Waals surface area contributed by atoms with Gasteiger partial charge in [-0.05, 0) is 31.1 Å². The Morgan fingerprint density at radius 2 is 1.75 bits per heavy atom. The lowest BCUT2D eigenvalue weighted by atomic mass is 9.68. The Morgan fingerprint density at radius 3 is 2.25 bits per heavy atom. The van der Waals surface area contributed by atoms with E-state index in [9.17, 15) is 9.59 Å². The van der Waals surface area contributed by atoms with E-state index in [1.165, 1.54) is 39.0 Å². The molecule has 1 unspecified atom stereocenters. The van der Waals surface area contributed by atoms with Crippen LogP contribution in [0.5, 0.6) is 0 Å². The number of piperidine rings is 1. The smallest absolute Gasteiger partial charge is 0.245 e. The van der Waals surface area contributed by atoms with E-state index in [0.717, 1.165) is 25.9 Å². The second-order valence-electron chi connectivity index (χ2n) is 6.32. The first-order chi connectivity index (χ1) is 9.56. The molecule has 1 spiro atoms. The summed E-state index contributed by atoms with van der Waals surface area (Å²) >= 11 is 4.18. The quantitative estimate of drug-likeness (QED) is 0.783. The van der Waals surface area contributed by atoms with Crippen LogP contribution in [0.15, 0.2) is 0 Å². The first-order valence-corrected chi connectivity index (χ1v) is 8.36. The highest BCUT2D eigenvalue weighted by Gasteiger charge is 2.37. The van der Waals surface area contributed by atoms with Gasteiger partial charge in [0.05, 0.1) is 0 Å². The summed E-state index contributed by atoms with van der Waals surface area (Å²) < 4.78 is 0. The van der Waals surface area contributed by atoms with Gasteiger partial charge < -0.3 is 10.2 Å². The molecule has 0 aromatic rings. The van der Waals surface area contributed by atoms with E-state index in [4.69, 9.17) is 0 Å². The molecule has 1 atom stereocenters. The summed E-state index contributed by atoms with van der Waals surface area (Å²) in [6.45, 7) is 3.11. The molecule has 1 aliphatic carbocycles. The van der Waals surface area contributed by atoms with E-state index in [1.54, 1.807) is 0 Å². The van der Waals surface area contributed by atoms with Crippen LogP contribution in [0.2, 0.25) is 0 Å². The topological polar surface area (TPSA) is 49.4 Å². The Bertz CT molecular complexity index is 357. The predicted octanol–water partition coefficient (Wildman–Crippen LogP) is 1.99. The number of nitrogens with one attached hydrogen (secondary N) is 1. The maximum atomic E-state index is 12.4. The fourth-order valence-electron chi connectivity index (χ4n) is 3.65. The summed E-state index contributed by atoms with van der Waals surface area (Å²) in [4.78, 5) is 25.4. The van der Waals surface area contributed by atoms with Crippen molar-refractivity contribution in [3.63, 3.8) is 0 Å². The highest BCUT2D eigenvalue weighted by atomic mass is 32.1. The Morgan fingerprint density at radius 1 is 1.15 bits per heavy atom. The van der Waals surface area contributed by atoms with Crippen LogP contribution in [0.3, 0.4) is 0 Å². The second-order valence-corrected chi connectivity index (χ2v) is 6.69. The summed E-state index contributed by atoms with van der Waals surface area (Å²) in [7, 11) is 0. The van der Waals surface area contributed by atoms with Crippen molar-refractivity contribution in [1.82, 2.24) is 10.2 Å². The summed E-state index contributed by atoms with van der Waals surface area (Å²) in [6, 6.07) is -0.476. The van der Waals surface area contributed by atoms with Gasteiger partial charge in [-0.1, -0.05) is 19.3 Å². The van der Waals surface area contributed by atoms with Crippen molar-refractivity contribution < 1.29 is 9.59 Å². The van der Waals surface area contributed by atoms with Gasteiger partial charge in [0.15, 0.2) is 0 Å². The Kier molecular flexibility index (Phi) is 5.35. The molecular formula is C15H26N2O2S. The van der Waals surface area contributed by atoms with E-state index in [1.807, 2.05) is 4.90 Å². The van der Waals surface area contributed by atoms with Gasteiger partial charge >= 0.3 is 0 Å². The molecule has 0 bridgehead atoms. The van der Waals surface area contributed by atoms with Gasteiger partial charge in [-0.2, -0.15) is 12.6 Å². The van der Waals surface area contributed by atoms with Crippen LogP contribution in [0.4, 0.5) is 0 Å². The summed E-state index contributed by atoms with van der Waals surface area (Å²) in [5, 5.41) is 2.69. The van der Waals surface area contributed by atoms with Gasteiger partial charge in [-0.15, -0.1) is 0 Å². The minimum absolute atomic E-state index is 0.0286. The van der Waals surface area contributed by atoms with Crippen molar-refractivity contribution in [2.45, 2.75) is 57.9 Å². The lowest BCUT2D eigenvalue weighted by Gasteiger charge is -2.44. The van der Waals surface area contributed by atoms with Crippen molar-refractivity contribution in [2.75, 3.05) is 18.8 Å². The molecule has 2 aliphatic rings. The standard InChI is InChI=1S/C15H26N2O2S/c1-12(18)16-13(11-20)14(19)17-9-7-15(8-10-17)5-3-2-4-6-15/h13,20H,2-11H2,1H3,(H,16,18). The van der Waals surface area contributed by atoms with E-state index in [-0.39, 0.29) is 11.8 Å². The number of amides is 2. The number of rotatable bonds is 3. The molecule has 2 rings (SSSR count). The molecule has 1 N–H and O–H groups in total. The molecule has 4 nitrogen and oxygen atoms in total. The van der Waals surface area contributed by atoms with Gasteiger partial charge in [0.2, 0.25) is 11.8 Å². The lowest BCUT2D eigenvalue weighted by Crippen LogP contribution is -2.52. The largest absolute Gasteiger partial charge is 0.344 e. The first kappa shape index (κ1) is 15.7. The molecule has 1 aliphatic heterocycles. The van der Waals surface area contributed by atoms with Crippen molar-refractivity contribution in [1.29, 1.82) is 0 Å². The molecule has 114 valence electrons. The average Bonchev–Trinajstić information content (AvgIpc) is 2.45. The number of thiol groups is 1. The van der Waals surface area contributed by atoms with Crippen LogP contribution < -0.4 is 5.32 Å². The fourth-order valence-corrected chi connectivity index (χ4v) is 3.90. The van der Waals surface area contributed by atoms with Crippen molar-refractivity contribution >= 4 is 24.4 Å². The van der Waals surface area contributed by atoms with E-state index >= 15 is 0 Å². The Balaban J connectivity index is 1.88. The first-order valence-electron chi connectivity index (χ1n) is 7.73. The maximum Gasteiger partial charge on any atom is 0.245 e. The second kappa shape index (κ2) is 6.83. The van der Waals surface area contributed by atoms with Crippen molar-refractivity contribution in [2.24, 2.45) is 5.41 Å². The molecule has 20 heavy (non-hydrogen) atoms. The number of carbonyl (C=O) groups excluding carboxylic acids is 2. The molecule has 1 heterocycles.